The van der Waals surface area contributed by atoms with Crippen molar-refractivity contribution in [2.75, 3.05) is 7.11 Å². The fourth-order valence-electron chi connectivity index (χ4n) is 5.69. The molecule has 10 nitrogen and oxygen atoms in total. The van der Waals surface area contributed by atoms with Gasteiger partial charge in [-0.3, -0.25) is 18.9 Å². The molecule has 3 heterocycles. The van der Waals surface area contributed by atoms with Crippen molar-refractivity contribution in [2.24, 2.45) is 0 Å². The van der Waals surface area contributed by atoms with Crippen LogP contribution >= 0.6 is 0 Å². The number of fused-ring (bicyclic) bond motifs is 1. The van der Waals surface area contributed by atoms with Crippen molar-refractivity contribution in [3.8, 4) is 22.5 Å². The lowest BCUT2D eigenvalue weighted by molar-refractivity contribution is 0.0538. The zero-order valence-electron chi connectivity index (χ0n) is 24.9. The van der Waals surface area contributed by atoms with Crippen molar-refractivity contribution < 1.29 is 9.26 Å². The molecule has 220 valence electrons. The van der Waals surface area contributed by atoms with Crippen molar-refractivity contribution in [3.05, 3.63) is 92.1 Å². The summed E-state index contributed by atoms with van der Waals surface area (Å²) in [6.07, 6.45) is 4.85. The van der Waals surface area contributed by atoms with E-state index in [9.17, 15) is 9.59 Å². The number of rotatable bonds is 12. The minimum absolute atomic E-state index is 0.0474. The molecule has 2 atom stereocenters. The van der Waals surface area contributed by atoms with E-state index < -0.39 is 5.76 Å². The van der Waals surface area contributed by atoms with Crippen molar-refractivity contribution in [1.29, 1.82) is 0 Å². The van der Waals surface area contributed by atoms with Crippen LogP contribution in [-0.2, 0) is 17.6 Å². The number of ether oxygens (including phenoxy) is 1. The first-order valence-corrected chi connectivity index (χ1v) is 14.6. The van der Waals surface area contributed by atoms with Crippen molar-refractivity contribution in [2.45, 2.75) is 78.4 Å². The largest absolute Gasteiger partial charge is 0.439 e. The first-order chi connectivity index (χ1) is 20.4. The molecule has 5 aromatic rings. The Morgan fingerprint density at radius 3 is 2.40 bits per heavy atom. The number of H-pyrrole nitrogens is 1. The number of hydrogen-bond acceptors (Lipinski definition) is 7. The molecule has 0 spiro atoms. The summed E-state index contributed by atoms with van der Waals surface area (Å²) in [7, 11) is 1.71. The van der Waals surface area contributed by atoms with Gasteiger partial charge in [-0.2, -0.15) is 10.1 Å². The molecule has 0 aliphatic carbocycles. The highest BCUT2D eigenvalue weighted by Gasteiger charge is 2.26. The molecule has 1 N–H and O–H groups in total. The maximum absolute atomic E-state index is 14.3. The summed E-state index contributed by atoms with van der Waals surface area (Å²) in [6, 6.07) is 15.6. The van der Waals surface area contributed by atoms with Gasteiger partial charge in [-0.1, -0.05) is 86.8 Å². The lowest BCUT2D eigenvalue weighted by Crippen LogP contribution is -2.36. The molecule has 0 saturated heterocycles. The minimum Gasteiger partial charge on any atom is -0.379 e. The third-order valence-corrected chi connectivity index (χ3v) is 7.84. The number of aryl methyl sites for hydroxylation is 2. The molecule has 0 aliphatic heterocycles. The summed E-state index contributed by atoms with van der Waals surface area (Å²) in [4.78, 5) is 33.2. The van der Waals surface area contributed by atoms with E-state index >= 15 is 0 Å². The van der Waals surface area contributed by atoms with Crippen LogP contribution < -0.4 is 11.3 Å². The predicted molar refractivity (Wildman–Crippen MR) is 162 cm³/mol. The average molecular weight is 571 g/mol. The molecule has 0 aliphatic rings. The molecule has 3 aromatic heterocycles. The Balaban J connectivity index is 1.56. The van der Waals surface area contributed by atoms with E-state index in [1.54, 1.807) is 11.7 Å². The summed E-state index contributed by atoms with van der Waals surface area (Å²) in [5, 5.41) is 8.59. The van der Waals surface area contributed by atoms with E-state index in [-0.39, 0.29) is 17.7 Å². The molecule has 0 radical (unpaired) electrons. The minimum atomic E-state index is -0.597. The molecule has 2 unspecified atom stereocenters. The molecule has 42 heavy (non-hydrogen) atoms. The van der Waals surface area contributed by atoms with Gasteiger partial charge in [0, 0.05) is 24.7 Å². The van der Waals surface area contributed by atoms with Gasteiger partial charge in [0.15, 0.2) is 5.82 Å². The summed E-state index contributed by atoms with van der Waals surface area (Å²) >= 11 is 0. The van der Waals surface area contributed by atoms with E-state index in [0.717, 1.165) is 59.2 Å². The molecular formula is C32H38N6O4. The van der Waals surface area contributed by atoms with E-state index in [4.69, 9.17) is 14.4 Å². The second-order valence-electron chi connectivity index (χ2n) is 10.7. The quantitative estimate of drug-likeness (QED) is 0.210. The van der Waals surface area contributed by atoms with Crippen LogP contribution in [0.15, 0.2) is 62.6 Å². The smallest absolute Gasteiger partial charge is 0.379 e. The van der Waals surface area contributed by atoms with Crippen LogP contribution in [-0.4, -0.2) is 42.5 Å². The average Bonchev–Trinajstić information content (AvgIpc) is 3.60. The SMILES string of the molecule is CCCCC(OC)C(C)n1c(=O)c(Cc2ccc(-c3ccccc3-c3noc(=O)[nH]3)cc2)c(CCC)n2nc(C)nc12. The summed E-state index contributed by atoms with van der Waals surface area (Å²) in [6.45, 7) is 8.15. The number of aromatic amines is 1. The Bertz CT molecular complexity index is 1780. The van der Waals surface area contributed by atoms with Gasteiger partial charge < -0.3 is 4.74 Å². The molecule has 0 fully saturated rings. The third-order valence-electron chi connectivity index (χ3n) is 7.84. The highest BCUT2D eigenvalue weighted by atomic mass is 16.5. The predicted octanol–water partition coefficient (Wildman–Crippen LogP) is 5.52. The zero-order chi connectivity index (χ0) is 29.8. The van der Waals surface area contributed by atoms with Gasteiger partial charge in [-0.15, -0.1) is 0 Å². The standard InChI is InChI=1S/C32H38N6O4/c1-6-8-14-28(41-5)20(3)37-30(39)26(27(11-7-2)38-31(37)33-21(4)35-38)19-22-15-17-23(18-16-22)24-12-9-10-13-25(24)29-34-32(40)42-36-29/h9-10,12-13,15-18,20,28H,6-8,11,14,19H2,1-5H3,(H,34,36,40). The van der Waals surface area contributed by atoms with Gasteiger partial charge in [-0.25, -0.2) is 9.31 Å². The van der Waals surface area contributed by atoms with Gasteiger partial charge >= 0.3 is 5.76 Å². The lowest BCUT2D eigenvalue weighted by Gasteiger charge is -2.26. The van der Waals surface area contributed by atoms with Crippen molar-refractivity contribution in [1.82, 2.24) is 29.3 Å². The molecule has 0 bridgehead atoms. The first-order valence-electron chi connectivity index (χ1n) is 14.6. The number of unbranched alkanes of at least 4 members (excludes halogenated alkanes) is 1. The summed E-state index contributed by atoms with van der Waals surface area (Å²) in [5.41, 5.74) is 5.21. The number of nitrogens with zero attached hydrogens (tertiary/aromatic N) is 5. The van der Waals surface area contributed by atoms with Gasteiger partial charge in [0.1, 0.15) is 5.82 Å². The number of methoxy groups -OCH3 is 1. The van der Waals surface area contributed by atoms with E-state index in [1.165, 1.54) is 0 Å². The van der Waals surface area contributed by atoms with Crippen LogP contribution in [0.2, 0.25) is 0 Å². The van der Waals surface area contributed by atoms with Crippen LogP contribution in [0.3, 0.4) is 0 Å². The fourth-order valence-corrected chi connectivity index (χ4v) is 5.69. The van der Waals surface area contributed by atoms with E-state index in [0.29, 0.717) is 30.3 Å². The maximum Gasteiger partial charge on any atom is 0.439 e. The maximum atomic E-state index is 14.3. The number of hydrogen-bond donors (Lipinski definition) is 1. The molecule has 5 rings (SSSR count). The zero-order valence-corrected chi connectivity index (χ0v) is 24.9. The van der Waals surface area contributed by atoms with Crippen molar-refractivity contribution >= 4 is 5.78 Å². The Kier molecular flexibility index (Phi) is 8.82. The third kappa shape index (κ3) is 5.72. The number of benzene rings is 2. The molecule has 2 aromatic carbocycles. The molecular weight excluding hydrogens is 532 g/mol. The Labute approximate surface area is 244 Å². The molecule has 0 saturated carbocycles. The van der Waals surface area contributed by atoms with Crippen LogP contribution in [0, 0.1) is 6.92 Å². The van der Waals surface area contributed by atoms with Crippen molar-refractivity contribution in [3.63, 3.8) is 0 Å². The van der Waals surface area contributed by atoms with Crippen LogP contribution in [0.1, 0.15) is 75.1 Å². The molecule has 10 heteroatoms. The fraction of sp³-hybridized carbons (Fsp3) is 0.406. The topological polar surface area (TPSA) is 120 Å². The normalized spacial score (nSPS) is 13.1. The van der Waals surface area contributed by atoms with E-state index in [1.807, 2.05) is 66.9 Å². The first kappa shape index (κ1) is 29.2. The Morgan fingerprint density at radius 1 is 1.02 bits per heavy atom. The second-order valence-corrected chi connectivity index (χ2v) is 10.7. The molecule has 0 amide bonds. The Hall–Kier alpha value is -4.31. The Morgan fingerprint density at radius 2 is 1.76 bits per heavy atom. The monoisotopic (exact) mass is 570 g/mol. The highest BCUT2D eigenvalue weighted by Crippen LogP contribution is 2.30. The lowest BCUT2D eigenvalue weighted by atomic mass is 9.96. The van der Waals surface area contributed by atoms with Gasteiger partial charge in [0.2, 0.25) is 5.78 Å². The van der Waals surface area contributed by atoms with Crippen LogP contribution in [0.4, 0.5) is 0 Å². The summed E-state index contributed by atoms with van der Waals surface area (Å²) < 4.78 is 14.2. The highest BCUT2D eigenvalue weighted by molar-refractivity contribution is 5.80. The van der Waals surface area contributed by atoms with Gasteiger partial charge in [0.05, 0.1) is 17.8 Å². The summed E-state index contributed by atoms with van der Waals surface area (Å²) in [5.74, 6) is 0.973. The second kappa shape index (κ2) is 12.7. The van der Waals surface area contributed by atoms with Gasteiger partial charge in [-0.05, 0) is 43.4 Å². The van der Waals surface area contributed by atoms with E-state index in [2.05, 4.69) is 29.0 Å². The van der Waals surface area contributed by atoms with Gasteiger partial charge in [0.25, 0.3) is 5.56 Å². The van der Waals surface area contributed by atoms with Crippen LogP contribution in [0.5, 0.6) is 0 Å². The van der Waals surface area contributed by atoms with Crippen LogP contribution in [0.25, 0.3) is 28.3 Å². The number of aromatic nitrogens is 6. The number of nitrogens with one attached hydrogen (secondary N) is 1.